The first-order valence-electron chi connectivity index (χ1n) is 11.2. The van der Waals surface area contributed by atoms with E-state index in [9.17, 15) is 18.0 Å². The van der Waals surface area contributed by atoms with E-state index in [1.165, 1.54) is 12.1 Å². The molecule has 0 radical (unpaired) electrons. The number of benzene rings is 2. The van der Waals surface area contributed by atoms with Crippen LogP contribution in [-0.4, -0.2) is 60.6 Å². The molecule has 0 aliphatic carbocycles. The second kappa shape index (κ2) is 12.9. The van der Waals surface area contributed by atoms with Gasteiger partial charge in [0.15, 0.2) is 15.6 Å². The Morgan fingerprint density at radius 1 is 1.11 bits per heavy atom. The van der Waals surface area contributed by atoms with Crippen LogP contribution in [0, 0.1) is 12.8 Å². The molecule has 2 aromatic carbocycles. The van der Waals surface area contributed by atoms with Gasteiger partial charge in [-0.2, -0.15) is 0 Å². The van der Waals surface area contributed by atoms with Gasteiger partial charge in [0.05, 0.1) is 35.3 Å². The molecule has 9 nitrogen and oxygen atoms in total. The van der Waals surface area contributed by atoms with Gasteiger partial charge in [-0.25, -0.2) is 8.42 Å². The van der Waals surface area contributed by atoms with Gasteiger partial charge < -0.3 is 25.3 Å². The number of aromatic nitrogens is 1. The van der Waals surface area contributed by atoms with Crippen LogP contribution in [0.1, 0.15) is 28.5 Å². The van der Waals surface area contributed by atoms with Gasteiger partial charge in [0.25, 0.3) is 5.91 Å². The molecule has 0 bridgehead atoms. The van der Waals surface area contributed by atoms with E-state index in [1.807, 2.05) is 26.0 Å². The van der Waals surface area contributed by atoms with Crippen LogP contribution in [-0.2, 0) is 32.8 Å². The van der Waals surface area contributed by atoms with E-state index in [-0.39, 0.29) is 24.7 Å². The summed E-state index contributed by atoms with van der Waals surface area (Å²) in [7, 11) is -1.94. The van der Waals surface area contributed by atoms with Gasteiger partial charge in [0, 0.05) is 18.4 Å². The molecular weight excluding hydrogens is 508 g/mol. The molecule has 3 aromatic rings. The molecule has 11 heteroatoms. The highest BCUT2D eigenvalue weighted by molar-refractivity contribution is 7.92. The third kappa shape index (κ3) is 7.54. The van der Waals surface area contributed by atoms with Crippen molar-refractivity contribution in [2.24, 2.45) is 18.7 Å². The van der Waals surface area contributed by atoms with Gasteiger partial charge >= 0.3 is 5.97 Å². The first kappa shape index (κ1) is 29.3. The summed E-state index contributed by atoms with van der Waals surface area (Å²) in [5.74, 6) is -2.70. The Labute approximate surface area is 215 Å². The maximum atomic E-state index is 12.0. The maximum absolute atomic E-state index is 12.0. The highest BCUT2D eigenvalue weighted by atomic mass is 35.5. The summed E-state index contributed by atoms with van der Waals surface area (Å²) in [4.78, 5) is 22.7. The zero-order valence-corrected chi connectivity index (χ0v) is 22.0. The molecule has 1 amide bonds. The van der Waals surface area contributed by atoms with Gasteiger partial charge in [0.2, 0.25) is 0 Å². The quantitative estimate of drug-likeness (QED) is 0.354. The van der Waals surface area contributed by atoms with Crippen molar-refractivity contribution < 1.29 is 33.0 Å². The minimum absolute atomic E-state index is 0.0671. The van der Waals surface area contributed by atoms with Crippen molar-refractivity contribution in [3.63, 3.8) is 0 Å². The Morgan fingerprint density at radius 2 is 1.72 bits per heavy atom. The normalized spacial score (nSPS) is 11.3. The molecule has 3 rings (SSSR count). The molecule has 36 heavy (non-hydrogen) atoms. The number of halogens is 1. The van der Waals surface area contributed by atoms with Crippen LogP contribution >= 0.6 is 11.6 Å². The van der Waals surface area contributed by atoms with Crippen molar-refractivity contribution in [3.8, 4) is 0 Å². The van der Waals surface area contributed by atoms with Crippen LogP contribution in [0.2, 0.25) is 5.02 Å². The maximum Gasteiger partial charge on any atom is 0.321 e. The van der Waals surface area contributed by atoms with E-state index in [1.54, 1.807) is 29.8 Å². The number of hydrogen-bond donors (Lipinski definition) is 3. The van der Waals surface area contributed by atoms with Gasteiger partial charge in [-0.05, 0) is 54.8 Å². The average molecular weight is 539 g/mol. The summed E-state index contributed by atoms with van der Waals surface area (Å²) in [5.41, 5.74) is 8.72. The van der Waals surface area contributed by atoms with Crippen LogP contribution in [0.15, 0.2) is 47.4 Å². The molecule has 1 heterocycles. The number of carbonyl (C=O) groups excluding carboxylic acids is 2. The van der Waals surface area contributed by atoms with E-state index >= 15 is 0 Å². The van der Waals surface area contributed by atoms with Gasteiger partial charge in [0.1, 0.15) is 5.69 Å². The Hall–Kier alpha value is -2.92. The van der Waals surface area contributed by atoms with E-state index in [0.717, 1.165) is 28.5 Å². The Kier molecular flexibility index (Phi) is 10.5. The van der Waals surface area contributed by atoms with E-state index < -0.39 is 33.4 Å². The average Bonchev–Trinajstić information content (AvgIpc) is 3.17. The second-order valence-electron chi connectivity index (χ2n) is 8.30. The number of nitrogens with zero attached hydrogens (tertiary/aromatic N) is 1. The summed E-state index contributed by atoms with van der Waals surface area (Å²) in [6.07, 6.45) is 0.798. The molecular formula is C25H31ClN2O7S. The number of fused-ring (bicyclic) bond motifs is 1. The summed E-state index contributed by atoms with van der Waals surface area (Å²) < 4.78 is 30.6. The third-order valence-corrected chi connectivity index (χ3v) is 7.42. The zero-order valence-electron chi connectivity index (χ0n) is 20.4. The fourth-order valence-electron chi connectivity index (χ4n) is 3.34. The highest BCUT2D eigenvalue weighted by Crippen LogP contribution is 2.27. The van der Waals surface area contributed by atoms with Crippen LogP contribution in [0.5, 0.6) is 0 Å². The number of nitrogens with two attached hydrogens (primary N) is 1. The minimum atomic E-state index is -3.75. The number of aryl methyl sites for hydroxylation is 3. The van der Waals surface area contributed by atoms with Crippen LogP contribution in [0.4, 0.5) is 0 Å². The summed E-state index contributed by atoms with van der Waals surface area (Å²) in [5, 5.41) is 19.2. The van der Waals surface area contributed by atoms with E-state index in [0.29, 0.717) is 10.7 Å². The Bertz CT molecular complexity index is 1310. The molecule has 0 saturated carbocycles. The summed E-state index contributed by atoms with van der Waals surface area (Å²) in [6.45, 7) is 3.03. The highest BCUT2D eigenvalue weighted by Gasteiger charge is 2.21. The molecule has 0 atom stereocenters. The number of aliphatic hydroxyl groups excluding tert-OH is 2. The summed E-state index contributed by atoms with van der Waals surface area (Å²) in [6, 6.07) is 11.9. The predicted octanol–water partition coefficient (Wildman–Crippen LogP) is 2.41. The number of carbonyl (C=O) groups is 2. The number of esters is 1. The van der Waals surface area contributed by atoms with Crippen LogP contribution in [0.25, 0.3) is 10.9 Å². The second-order valence-corrected chi connectivity index (χ2v) is 10.7. The topological polar surface area (TPSA) is 149 Å². The van der Waals surface area contributed by atoms with Crippen molar-refractivity contribution in [3.05, 3.63) is 64.3 Å². The standard InChI is InChI=1S/C14H20O6S.C11H11ClN2O/c1-2-11-3-5-13(6-4-11)21(18,19)10-14(17)20-9-12(7-15)8-16;1-6-3-8(12)7-5-10(11(13)15)14(2)9(7)4-6/h3-6,12,15-16H,2,7-10H2,1H3;3-5H,1-2H3,(H2,13,15). The first-order chi connectivity index (χ1) is 16.9. The number of hydrogen-bond acceptors (Lipinski definition) is 7. The molecule has 0 spiro atoms. The molecule has 0 aliphatic rings. The lowest BCUT2D eigenvalue weighted by molar-refractivity contribution is -0.142. The molecule has 1 aromatic heterocycles. The fourth-order valence-corrected chi connectivity index (χ4v) is 4.78. The van der Waals surface area contributed by atoms with Crippen molar-refractivity contribution >= 4 is 44.2 Å². The van der Waals surface area contributed by atoms with Gasteiger partial charge in [-0.3, -0.25) is 9.59 Å². The lowest BCUT2D eigenvalue weighted by Gasteiger charge is -2.11. The monoisotopic (exact) mass is 538 g/mol. The summed E-state index contributed by atoms with van der Waals surface area (Å²) >= 11 is 6.09. The van der Waals surface area contributed by atoms with Crippen molar-refractivity contribution in [2.75, 3.05) is 25.6 Å². The van der Waals surface area contributed by atoms with Gasteiger partial charge in [-0.15, -0.1) is 0 Å². The number of aliphatic hydroxyl groups is 2. The number of sulfone groups is 1. The Morgan fingerprint density at radius 3 is 2.25 bits per heavy atom. The molecule has 0 unspecified atom stereocenters. The van der Waals surface area contributed by atoms with Crippen molar-refractivity contribution in [2.45, 2.75) is 25.2 Å². The van der Waals surface area contributed by atoms with Gasteiger partial charge in [-0.1, -0.05) is 30.7 Å². The van der Waals surface area contributed by atoms with Crippen molar-refractivity contribution in [1.82, 2.24) is 4.57 Å². The van der Waals surface area contributed by atoms with Crippen LogP contribution in [0.3, 0.4) is 0 Å². The smallest absolute Gasteiger partial charge is 0.321 e. The number of amides is 1. The van der Waals surface area contributed by atoms with Crippen LogP contribution < -0.4 is 5.73 Å². The lowest BCUT2D eigenvalue weighted by atomic mass is 10.2. The number of primary amides is 1. The largest absolute Gasteiger partial charge is 0.464 e. The molecule has 0 saturated heterocycles. The lowest BCUT2D eigenvalue weighted by Crippen LogP contribution is -2.24. The zero-order chi connectivity index (χ0) is 27.0. The Balaban J connectivity index is 0.000000267. The number of ether oxygens (including phenoxy) is 1. The van der Waals surface area contributed by atoms with Crippen molar-refractivity contribution in [1.29, 1.82) is 0 Å². The molecule has 0 aliphatic heterocycles. The molecule has 0 fully saturated rings. The molecule has 4 N–H and O–H groups in total. The molecule has 196 valence electrons. The van der Waals surface area contributed by atoms with E-state index in [4.69, 9.17) is 32.3 Å². The number of rotatable bonds is 9. The fraction of sp³-hybridized carbons (Fsp3) is 0.360. The minimum Gasteiger partial charge on any atom is -0.464 e. The SMILES string of the molecule is CCc1ccc(S(=O)(=O)CC(=O)OCC(CO)CO)cc1.Cc1cc(Cl)c2cc(C(N)=O)n(C)c2c1. The first-order valence-corrected chi connectivity index (χ1v) is 13.2. The predicted molar refractivity (Wildman–Crippen MR) is 138 cm³/mol. The van der Waals surface area contributed by atoms with E-state index in [2.05, 4.69) is 0 Å². The third-order valence-electron chi connectivity index (χ3n) is 5.50.